The van der Waals surface area contributed by atoms with Gasteiger partial charge >= 0.3 is 48.6 Å². The lowest BCUT2D eigenvalue weighted by atomic mass is 10.1. The van der Waals surface area contributed by atoms with Crippen LogP contribution in [0.3, 0.4) is 0 Å². The van der Waals surface area contributed by atoms with Crippen LogP contribution < -0.4 is 63.0 Å². The van der Waals surface area contributed by atoms with E-state index < -0.39 is 72.0 Å². The first-order valence-corrected chi connectivity index (χ1v) is 48.9. The van der Waals surface area contributed by atoms with Crippen molar-refractivity contribution in [1.82, 2.24) is 0 Å². The molecule has 0 saturated heterocycles. The van der Waals surface area contributed by atoms with Gasteiger partial charge in [-0.2, -0.15) is 52.7 Å². The number of aliphatic carboxylic acids is 4. The van der Waals surface area contributed by atoms with Crippen LogP contribution in [-0.4, -0.2) is 127 Å². The number of nitrogen functional groups attached to an aromatic ring is 5. The zero-order valence-electron chi connectivity index (χ0n) is 76.7. The van der Waals surface area contributed by atoms with Crippen LogP contribution in [0, 0.1) is 32.9 Å². The Morgan fingerprint density at radius 1 is 0.373 bits per heavy atom. The number of hydrogen-bond acceptors (Lipinski definition) is 22. The van der Waals surface area contributed by atoms with Crippen LogP contribution in [-0.2, 0) is 53.4 Å². The van der Waals surface area contributed by atoms with Gasteiger partial charge in [0.05, 0.1) is 48.4 Å². The molecule has 150 heavy (non-hydrogen) atoms. The van der Waals surface area contributed by atoms with Crippen molar-refractivity contribution in [2.24, 2.45) is 28.7 Å². The maximum Gasteiger partial charge on any atom is 0.490 e. The number of carboxylic acids is 4. The summed E-state index contributed by atoms with van der Waals surface area (Å²) in [6, 6.07) is 84.6. The molecule has 0 aliphatic carbocycles. The van der Waals surface area contributed by atoms with E-state index >= 15 is 0 Å². The summed E-state index contributed by atoms with van der Waals surface area (Å²) in [5, 5.41) is 83.4. The zero-order valence-corrected chi connectivity index (χ0v) is 87.2. The van der Waals surface area contributed by atoms with Crippen LogP contribution in [0.2, 0.25) is 0 Å². The van der Waals surface area contributed by atoms with E-state index in [0.717, 1.165) is 123 Å². The monoisotopic (exact) mass is 2430 g/mol. The van der Waals surface area contributed by atoms with Crippen molar-refractivity contribution < 1.29 is 140 Å². The van der Waals surface area contributed by atoms with Crippen molar-refractivity contribution >= 4 is 254 Å². The molecule has 788 valence electrons. The minimum atomic E-state index is -5.08. The van der Waals surface area contributed by atoms with Crippen LogP contribution in [0.25, 0.3) is 50.4 Å². The first kappa shape index (κ1) is 122. The molecule has 0 spiro atoms. The van der Waals surface area contributed by atoms with E-state index in [1.165, 1.54) is 68.8 Å². The fourth-order valence-corrected chi connectivity index (χ4v) is 18.9. The highest BCUT2D eigenvalue weighted by Gasteiger charge is 2.41. The molecular formula is C99H81Br4F13N12O17S5. The van der Waals surface area contributed by atoms with Crippen LogP contribution in [0.4, 0.5) is 68.5 Å². The fraction of sp³-hybridized carbons (Fsp3) is 0.111. The number of rotatable bonds is 23. The number of thiophene rings is 5. The summed E-state index contributed by atoms with van der Waals surface area (Å²) in [4.78, 5) is 73.1. The minimum absolute atomic E-state index is 0.0215. The van der Waals surface area contributed by atoms with Crippen molar-refractivity contribution in [3.8, 4) is 28.7 Å². The summed E-state index contributed by atoms with van der Waals surface area (Å²) in [6.45, 7) is 4.71. The second-order valence-electron chi connectivity index (χ2n) is 29.9. The van der Waals surface area contributed by atoms with Gasteiger partial charge < -0.3 is 88.5 Å². The third-order valence-corrected chi connectivity index (χ3v) is 27.4. The van der Waals surface area contributed by atoms with Gasteiger partial charge in [-0.25, -0.2) is 23.6 Å². The van der Waals surface area contributed by atoms with Crippen molar-refractivity contribution in [2.45, 2.75) is 70.1 Å². The number of halogens is 17. The van der Waals surface area contributed by atoms with E-state index in [1.807, 2.05) is 212 Å². The predicted octanol–water partition coefficient (Wildman–Crippen LogP) is 25.6. The Bertz CT molecular complexity index is 7350. The molecule has 0 aliphatic heterocycles. The molecule has 16 rings (SSSR count). The number of carboxylic acid groups (broad SMARTS) is 5. The summed E-state index contributed by atoms with van der Waals surface area (Å²) in [5.41, 5.74) is 31.7. The number of fused-ring (bicyclic) bond motifs is 5. The van der Waals surface area contributed by atoms with Gasteiger partial charge in [-0.3, -0.25) is 41.4 Å². The third-order valence-electron chi connectivity index (χ3n) is 18.6. The summed E-state index contributed by atoms with van der Waals surface area (Å²) >= 11 is 21.4. The van der Waals surface area contributed by atoms with E-state index in [0.29, 0.717) is 46.6 Å². The Balaban J connectivity index is 0.000000237. The first-order chi connectivity index (χ1) is 70.4. The summed E-state index contributed by atoms with van der Waals surface area (Å²) < 4.78 is 180. The molecule has 5 heterocycles. The molecule has 0 saturated carbocycles. The molecular weight excluding hydrogens is 2360 g/mol. The summed E-state index contributed by atoms with van der Waals surface area (Å²) in [6.07, 6.45) is -21.3. The van der Waals surface area contributed by atoms with Crippen molar-refractivity contribution in [3.63, 3.8) is 0 Å². The molecule has 29 nitrogen and oxygen atoms in total. The van der Waals surface area contributed by atoms with Crippen LogP contribution in [0.5, 0.6) is 28.7 Å². The van der Waals surface area contributed by atoms with E-state index in [1.54, 1.807) is 62.4 Å². The van der Waals surface area contributed by atoms with Crippen molar-refractivity contribution in [1.29, 1.82) is 27.0 Å². The number of carbonyl (C=O) groups is 7. The number of amides is 2. The molecule has 0 bridgehead atoms. The van der Waals surface area contributed by atoms with Crippen molar-refractivity contribution in [2.75, 3.05) is 10.6 Å². The summed E-state index contributed by atoms with van der Waals surface area (Å²) in [5.74, 6) is -8.62. The topological polar surface area (TPSA) is 540 Å². The highest BCUT2D eigenvalue weighted by Crippen LogP contribution is 2.46. The van der Waals surface area contributed by atoms with E-state index in [2.05, 4.69) is 74.4 Å². The molecule has 1 atom stereocenters. The van der Waals surface area contributed by atoms with E-state index in [9.17, 15) is 66.7 Å². The van der Waals surface area contributed by atoms with Crippen LogP contribution in [0.1, 0.15) is 66.6 Å². The molecule has 51 heteroatoms. The lowest BCUT2D eigenvalue weighted by molar-refractivity contribution is -0.193. The Labute approximate surface area is 895 Å². The molecule has 0 aliphatic rings. The number of nitrogens with two attached hydrogens (primary N) is 5. The molecule has 11 aromatic carbocycles. The maximum absolute atomic E-state index is 14.0. The van der Waals surface area contributed by atoms with Crippen LogP contribution >= 0.6 is 120 Å². The lowest BCUT2D eigenvalue weighted by Crippen LogP contribution is -2.42. The summed E-state index contributed by atoms with van der Waals surface area (Å²) in [7, 11) is 0. The quantitative estimate of drug-likeness (QED) is 0.0122. The largest absolute Gasteiger partial charge is 0.490 e. The maximum atomic E-state index is 14.0. The number of ether oxygens (including phenoxy) is 5. The predicted molar refractivity (Wildman–Crippen MR) is 565 cm³/mol. The van der Waals surface area contributed by atoms with Gasteiger partial charge in [-0.1, -0.05) is 164 Å². The van der Waals surface area contributed by atoms with Gasteiger partial charge in [-0.05, 0) is 203 Å². The molecule has 0 radical (unpaired) electrons. The fourth-order valence-electron chi connectivity index (χ4n) is 11.7. The van der Waals surface area contributed by atoms with E-state index in [-0.39, 0.29) is 47.2 Å². The Kier molecular flexibility index (Phi) is 45.7. The second-order valence-corrected chi connectivity index (χ2v) is 38.7. The molecule has 2 amide bonds. The van der Waals surface area contributed by atoms with Gasteiger partial charge in [0.25, 0.3) is 18.3 Å². The number of amidine groups is 5. The number of carbonyl (C=O) groups excluding carboxylic acids is 2. The highest BCUT2D eigenvalue weighted by molar-refractivity contribution is 9.11. The minimum Gasteiger partial charge on any atom is -0.488 e. The number of hydrogen-bond donors (Lipinski definition) is 17. The van der Waals surface area contributed by atoms with Gasteiger partial charge in [0, 0.05) is 61.2 Å². The van der Waals surface area contributed by atoms with Gasteiger partial charge in [0.2, 0.25) is 6.10 Å². The normalized spacial score (nSPS) is 11.0. The second kappa shape index (κ2) is 56.3. The number of benzene rings is 11. The third kappa shape index (κ3) is 37.6. The number of para-hydroxylation sites is 2. The number of anilines is 2. The van der Waals surface area contributed by atoms with Gasteiger partial charge in [-0.15, -0.1) is 56.7 Å². The van der Waals surface area contributed by atoms with Gasteiger partial charge in [0.1, 0.15) is 83.6 Å². The Morgan fingerprint density at radius 3 is 1.12 bits per heavy atom. The SMILES string of the molecule is CC(C)(Oc1cccc2sc(C(=N)N)cc12)C(=O)Nc1ccccc1.N=C(N)c1cc2c(OC(C(=O)Nc3ccccc3F)c3ccccc3)cccc2s1.N=C(N)c1cc2c(OCc3ccccc3)c(Br)cc(Br)c2s1.N=C(N)c1cc2c(OCc3ccccc3)c(Br)ccc2s1.N=C(N)c1cc2c(OCc3ccccc3)ccc(Br)c2s1.O=C(O)C(F)(F)F.O=C(O)C(F)(F)F.O=C(O)C(F)(F)F.O=C(O)C(F)(F)F.O=CO. The van der Waals surface area contributed by atoms with Crippen LogP contribution in [0.15, 0.2) is 291 Å². The molecule has 16 aromatic rings. The highest BCUT2D eigenvalue weighted by atomic mass is 79.9. The molecule has 1 unspecified atom stereocenters. The Hall–Kier alpha value is -15.1. The lowest BCUT2D eigenvalue weighted by Gasteiger charge is -2.25. The Morgan fingerprint density at radius 2 is 0.707 bits per heavy atom. The zero-order chi connectivity index (χ0) is 111. The molecule has 22 N–H and O–H groups in total. The van der Waals surface area contributed by atoms with Gasteiger partial charge in [0.15, 0.2) is 5.60 Å². The number of alkyl halides is 12. The molecule has 5 aromatic heterocycles. The number of nitrogens with one attached hydrogen (secondary N) is 7. The average molecular weight is 2440 g/mol. The van der Waals surface area contributed by atoms with Crippen molar-refractivity contribution in [3.05, 3.63) is 343 Å². The molecule has 0 fully saturated rings. The standard InChI is InChI=1S/C23H18FN3O2S.C19H19N3O2S.C16H12Br2N2OS.2C16H13BrN2OS.4C2HF3O2.CH2O2/c24-16-9-4-5-10-17(16)27-23(28)21(14-7-2-1-3-8-14)29-18-11-6-12-19-15(18)13-20(30-19)22(25)26;1-19(2,18(23)22-12-7-4-3-5-8-12)24-14-9-6-10-15-13(14)11-16(25-15)17(20)21;17-11-7-12(18)15-10(6-13(22-15)16(19)20)14(11)21-8-9-4-2-1-3-5-9;17-12-6-7-13-11(8-14(21-13)16(18)19)15(12)20-9-10-4-2-1-3-5-10;17-12-6-7-13(20-9-10-4-2-1-3-5-10)11-8-14(16(18)19)21-15(11)12;4*3-2(4,5)1(6)7;2-1-3/h1-13,21H,(H3,25,26)(H,27,28);3-11H,1-2H3,(H3,20,21)(H,22,23);1-7H,8H2,(H3,19,20);2*1-8H,9H2,(H3,18,19);4*(H,6,7);1H,(H,2,3). The first-order valence-electron chi connectivity index (χ1n) is 41.7. The smallest absolute Gasteiger partial charge is 0.488 e. The van der Waals surface area contributed by atoms with E-state index in [4.69, 9.17) is 129 Å². The average Bonchev–Trinajstić information content (AvgIpc) is 1.65.